The zero-order chi connectivity index (χ0) is 19.4. The lowest BCUT2D eigenvalue weighted by molar-refractivity contribution is 0.0737. The predicted molar refractivity (Wildman–Crippen MR) is 110 cm³/mol. The highest BCUT2D eigenvalue weighted by Crippen LogP contribution is 2.33. The van der Waals surface area contributed by atoms with Crippen LogP contribution in [0.4, 0.5) is 0 Å². The summed E-state index contributed by atoms with van der Waals surface area (Å²) in [5, 5.41) is 8.97. The Kier molecular flexibility index (Phi) is 6.30. The molecule has 0 spiro atoms. The van der Waals surface area contributed by atoms with Crippen molar-refractivity contribution >= 4 is 17.2 Å². The summed E-state index contributed by atoms with van der Waals surface area (Å²) in [4.78, 5) is 19.5. The number of rotatable bonds is 6. The van der Waals surface area contributed by atoms with Crippen molar-refractivity contribution < 1.29 is 4.79 Å². The smallest absolute Gasteiger partial charge is 0.264 e. The number of aryl methyl sites for hydroxylation is 1. The minimum atomic E-state index is 0.119. The zero-order valence-electron chi connectivity index (χ0n) is 16.4. The highest BCUT2D eigenvalue weighted by molar-refractivity contribution is 7.14. The van der Waals surface area contributed by atoms with Crippen molar-refractivity contribution in [3.63, 3.8) is 0 Å². The maximum atomic E-state index is 13.2. The lowest BCUT2D eigenvalue weighted by atomic mass is 9.90. The highest BCUT2D eigenvalue weighted by Gasteiger charge is 2.23. The molecule has 27 heavy (non-hydrogen) atoms. The first kappa shape index (κ1) is 19.6. The Morgan fingerprint density at radius 2 is 2.00 bits per heavy atom. The fourth-order valence-corrected chi connectivity index (χ4v) is 4.62. The molecule has 0 N–H and O–H groups in total. The Labute approximate surface area is 166 Å². The molecule has 4 nitrogen and oxygen atoms in total. The first-order valence-electron chi connectivity index (χ1n) is 9.51. The largest absolute Gasteiger partial charge is 0.332 e. The maximum absolute atomic E-state index is 13.2. The molecular weight excluding hydrogens is 354 g/mol. The van der Waals surface area contributed by atoms with Gasteiger partial charge < -0.3 is 9.80 Å². The summed E-state index contributed by atoms with van der Waals surface area (Å²) >= 11 is 1.68. The van der Waals surface area contributed by atoms with E-state index in [-0.39, 0.29) is 5.91 Å². The van der Waals surface area contributed by atoms with E-state index in [1.165, 1.54) is 16.9 Å². The molecule has 0 aliphatic heterocycles. The van der Waals surface area contributed by atoms with Gasteiger partial charge in [0.05, 0.1) is 16.5 Å². The van der Waals surface area contributed by atoms with E-state index in [1.54, 1.807) is 11.3 Å². The number of fused-ring (bicyclic) bond motifs is 1. The van der Waals surface area contributed by atoms with Crippen molar-refractivity contribution in [3.05, 3.63) is 56.8 Å². The van der Waals surface area contributed by atoms with Gasteiger partial charge >= 0.3 is 0 Å². The van der Waals surface area contributed by atoms with Crippen molar-refractivity contribution in [2.45, 2.75) is 32.7 Å². The van der Waals surface area contributed by atoms with Crippen molar-refractivity contribution in [1.29, 1.82) is 5.26 Å². The molecule has 0 unspecified atom stereocenters. The van der Waals surface area contributed by atoms with Gasteiger partial charge in [0, 0.05) is 24.5 Å². The lowest BCUT2D eigenvalue weighted by Crippen LogP contribution is -2.35. The molecule has 1 heterocycles. The van der Waals surface area contributed by atoms with Crippen LogP contribution in [0, 0.1) is 17.2 Å². The van der Waals surface area contributed by atoms with Gasteiger partial charge in [-0.25, -0.2) is 0 Å². The van der Waals surface area contributed by atoms with Crippen molar-refractivity contribution in [2.24, 2.45) is 5.92 Å². The van der Waals surface area contributed by atoms with Crippen LogP contribution in [0.15, 0.2) is 30.3 Å². The van der Waals surface area contributed by atoms with E-state index in [1.807, 2.05) is 43.3 Å². The zero-order valence-corrected chi connectivity index (χ0v) is 17.2. The molecule has 1 amide bonds. The fourth-order valence-electron chi connectivity index (χ4n) is 3.45. The molecule has 0 fully saturated rings. The van der Waals surface area contributed by atoms with Gasteiger partial charge in [-0.3, -0.25) is 4.79 Å². The number of hydrogen-bond acceptors (Lipinski definition) is 4. The first-order chi connectivity index (χ1) is 13.0. The SMILES string of the molecule is C[C@@H]1CCc2sc(C(=O)N(CCN(C)C)Cc3ccc(C#N)cc3)cc2C1. The molecule has 2 aromatic rings. The Morgan fingerprint density at radius 3 is 2.67 bits per heavy atom. The monoisotopic (exact) mass is 381 g/mol. The molecule has 0 saturated heterocycles. The number of likely N-dealkylation sites (N-methyl/N-ethyl adjacent to an activating group) is 1. The van der Waals surface area contributed by atoms with Gasteiger partial charge in [-0.2, -0.15) is 5.26 Å². The van der Waals surface area contributed by atoms with E-state index in [2.05, 4.69) is 24.0 Å². The third kappa shape index (κ3) is 4.97. The Hall–Kier alpha value is -2.16. The normalized spacial score (nSPS) is 16.0. The number of amides is 1. The quantitative estimate of drug-likeness (QED) is 0.761. The second-order valence-corrected chi connectivity index (χ2v) is 8.88. The number of nitrogens with zero attached hydrogens (tertiary/aromatic N) is 3. The Morgan fingerprint density at radius 1 is 1.26 bits per heavy atom. The van der Waals surface area contributed by atoms with Crippen molar-refractivity contribution in [3.8, 4) is 6.07 Å². The number of benzene rings is 1. The van der Waals surface area contributed by atoms with Crippen LogP contribution in [0.5, 0.6) is 0 Å². The van der Waals surface area contributed by atoms with E-state index < -0.39 is 0 Å². The van der Waals surface area contributed by atoms with Gasteiger partial charge in [-0.05, 0) is 68.6 Å². The molecule has 1 aliphatic carbocycles. The van der Waals surface area contributed by atoms with E-state index in [4.69, 9.17) is 5.26 Å². The van der Waals surface area contributed by atoms with Crippen LogP contribution in [-0.4, -0.2) is 42.9 Å². The van der Waals surface area contributed by atoms with Crippen LogP contribution in [0.1, 0.15) is 44.6 Å². The molecule has 5 heteroatoms. The van der Waals surface area contributed by atoms with Crippen LogP contribution in [-0.2, 0) is 19.4 Å². The van der Waals surface area contributed by atoms with Gasteiger partial charge in [0.25, 0.3) is 5.91 Å². The van der Waals surface area contributed by atoms with E-state index in [0.717, 1.165) is 29.8 Å². The van der Waals surface area contributed by atoms with E-state index >= 15 is 0 Å². The van der Waals surface area contributed by atoms with Gasteiger partial charge in [0.1, 0.15) is 0 Å². The summed E-state index contributed by atoms with van der Waals surface area (Å²) in [5.74, 6) is 0.826. The molecule has 0 saturated carbocycles. The average molecular weight is 382 g/mol. The molecule has 3 rings (SSSR count). The maximum Gasteiger partial charge on any atom is 0.264 e. The topological polar surface area (TPSA) is 47.3 Å². The van der Waals surface area contributed by atoms with Gasteiger partial charge in [0.2, 0.25) is 0 Å². The number of carbonyl (C=O) groups excluding carboxylic acids is 1. The minimum Gasteiger partial charge on any atom is -0.332 e. The molecule has 1 aromatic heterocycles. The van der Waals surface area contributed by atoms with Crippen LogP contribution in [0.2, 0.25) is 0 Å². The fraction of sp³-hybridized carbons (Fsp3) is 0.455. The number of carbonyl (C=O) groups is 1. The molecule has 1 atom stereocenters. The van der Waals surface area contributed by atoms with Gasteiger partial charge in [0.15, 0.2) is 0 Å². The van der Waals surface area contributed by atoms with Crippen molar-refractivity contribution in [2.75, 3.05) is 27.2 Å². The van der Waals surface area contributed by atoms with E-state index in [0.29, 0.717) is 24.6 Å². The van der Waals surface area contributed by atoms with E-state index in [9.17, 15) is 4.79 Å². The predicted octanol–water partition coefficient (Wildman–Crippen LogP) is 3.95. The van der Waals surface area contributed by atoms with Gasteiger partial charge in [-0.15, -0.1) is 11.3 Å². The summed E-state index contributed by atoms with van der Waals surface area (Å²) in [6.07, 6.45) is 3.41. The number of thiophene rings is 1. The summed E-state index contributed by atoms with van der Waals surface area (Å²) < 4.78 is 0. The standard InChI is InChI=1S/C22H27N3OS/c1-16-4-9-20-19(12-16)13-21(27-20)22(26)25(11-10-24(2)3)15-18-7-5-17(14-23)6-8-18/h5-8,13,16H,4,9-12,15H2,1-3H3/t16-/m1/s1. The second-order valence-electron chi connectivity index (χ2n) is 7.75. The molecule has 0 radical (unpaired) electrons. The average Bonchev–Trinajstić information content (AvgIpc) is 3.08. The van der Waals surface area contributed by atoms with Crippen LogP contribution < -0.4 is 0 Å². The number of hydrogen-bond donors (Lipinski definition) is 0. The van der Waals surface area contributed by atoms with Gasteiger partial charge in [-0.1, -0.05) is 19.1 Å². The Bertz CT molecular complexity index is 832. The van der Waals surface area contributed by atoms with Crippen LogP contribution in [0.25, 0.3) is 0 Å². The minimum absolute atomic E-state index is 0.119. The van der Waals surface area contributed by atoms with Crippen molar-refractivity contribution in [1.82, 2.24) is 9.80 Å². The summed E-state index contributed by atoms with van der Waals surface area (Å²) in [7, 11) is 4.05. The molecule has 0 bridgehead atoms. The Balaban J connectivity index is 1.79. The number of nitriles is 1. The summed E-state index contributed by atoms with van der Waals surface area (Å²) in [6.45, 7) is 4.36. The van der Waals surface area contributed by atoms with Crippen LogP contribution in [0.3, 0.4) is 0 Å². The summed E-state index contributed by atoms with van der Waals surface area (Å²) in [6, 6.07) is 11.8. The second kappa shape index (κ2) is 8.69. The molecular formula is C22H27N3OS. The molecule has 1 aromatic carbocycles. The third-order valence-corrected chi connectivity index (χ3v) is 6.33. The third-order valence-electron chi connectivity index (χ3n) is 5.10. The highest BCUT2D eigenvalue weighted by atomic mass is 32.1. The summed E-state index contributed by atoms with van der Waals surface area (Å²) in [5.41, 5.74) is 3.06. The van der Waals surface area contributed by atoms with Crippen LogP contribution >= 0.6 is 11.3 Å². The first-order valence-corrected chi connectivity index (χ1v) is 10.3. The molecule has 1 aliphatic rings. The molecule has 142 valence electrons. The lowest BCUT2D eigenvalue weighted by Gasteiger charge is -2.24.